The summed E-state index contributed by atoms with van der Waals surface area (Å²) < 4.78 is 31.9. The van der Waals surface area contributed by atoms with E-state index >= 15 is 0 Å². The molecular formula is C10H21O7P. The minimum atomic E-state index is -3.13. The van der Waals surface area contributed by atoms with Crippen molar-refractivity contribution >= 4 is 7.60 Å². The number of hydrogen-bond acceptors (Lipinski definition) is 7. The summed E-state index contributed by atoms with van der Waals surface area (Å²) >= 11 is 0. The van der Waals surface area contributed by atoms with Crippen LogP contribution >= 0.6 is 7.60 Å². The number of ether oxygens (including phenoxy) is 2. The molecule has 0 unspecified atom stereocenters. The van der Waals surface area contributed by atoms with Gasteiger partial charge in [-0.1, -0.05) is 0 Å². The monoisotopic (exact) mass is 284 g/mol. The first kappa shape index (κ1) is 16.0. The third kappa shape index (κ3) is 3.74. The molecular weight excluding hydrogens is 263 g/mol. The molecule has 1 rings (SSSR count). The second-order valence-electron chi connectivity index (χ2n) is 3.97. The Morgan fingerprint density at radius 1 is 1.22 bits per heavy atom. The van der Waals surface area contributed by atoms with Crippen molar-refractivity contribution in [2.75, 3.05) is 27.0 Å². The van der Waals surface area contributed by atoms with E-state index in [0.717, 1.165) is 0 Å². The average Bonchev–Trinajstić information content (AvgIpc) is 2.65. The minimum Gasteiger partial charge on any atom is -0.387 e. The molecule has 2 N–H and O–H groups in total. The molecule has 8 heteroatoms. The van der Waals surface area contributed by atoms with Gasteiger partial charge >= 0.3 is 7.60 Å². The van der Waals surface area contributed by atoms with Crippen LogP contribution < -0.4 is 0 Å². The van der Waals surface area contributed by atoms with Crippen molar-refractivity contribution in [3.05, 3.63) is 0 Å². The fourth-order valence-corrected chi connectivity index (χ4v) is 2.88. The molecule has 0 amide bonds. The van der Waals surface area contributed by atoms with Crippen LogP contribution in [0.5, 0.6) is 0 Å². The molecule has 0 aliphatic carbocycles. The fourth-order valence-electron chi connectivity index (χ4n) is 1.80. The minimum absolute atomic E-state index is 0.104. The molecule has 4 atom stereocenters. The summed E-state index contributed by atoms with van der Waals surface area (Å²) in [6.45, 7) is 2.13. The van der Waals surface area contributed by atoms with E-state index in [9.17, 15) is 14.8 Å². The van der Waals surface area contributed by atoms with Gasteiger partial charge in [0.15, 0.2) is 6.29 Å². The SMILES string of the molecule is CCO[C@@H]1O[C@H](CCP(=O)(OC)OC)[C@@H](O)[C@H]1O. The second kappa shape index (κ2) is 6.96. The van der Waals surface area contributed by atoms with Gasteiger partial charge in [0.1, 0.15) is 12.2 Å². The van der Waals surface area contributed by atoms with E-state index < -0.39 is 32.2 Å². The Bertz CT molecular complexity index is 290. The first-order valence-electron chi connectivity index (χ1n) is 5.81. The number of aliphatic hydroxyl groups is 2. The highest BCUT2D eigenvalue weighted by Gasteiger charge is 2.43. The van der Waals surface area contributed by atoms with Gasteiger partial charge in [-0.15, -0.1) is 0 Å². The fraction of sp³-hybridized carbons (Fsp3) is 1.00. The summed E-state index contributed by atoms with van der Waals surface area (Å²) in [6, 6.07) is 0. The molecule has 1 aliphatic heterocycles. The molecule has 0 aromatic heterocycles. The lowest BCUT2D eigenvalue weighted by Gasteiger charge is -2.18. The molecule has 0 bridgehead atoms. The maximum absolute atomic E-state index is 11.8. The van der Waals surface area contributed by atoms with Crippen LogP contribution in [0.3, 0.4) is 0 Å². The molecule has 0 saturated carbocycles. The van der Waals surface area contributed by atoms with Crippen molar-refractivity contribution in [1.29, 1.82) is 0 Å². The predicted molar refractivity (Wildman–Crippen MR) is 63.4 cm³/mol. The molecule has 0 radical (unpaired) electrons. The van der Waals surface area contributed by atoms with Gasteiger partial charge in [0.25, 0.3) is 0 Å². The lowest BCUT2D eigenvalue weighted by Crippen LogP contribution is -2.33. The van der Waals surface area contributed by atoms with E-state index in [2.05, 4.69) is 0 Å². The Morgan fingerprint density at radius 2 is 1.83 bits per heavy atom. The molecule has 0 aromatic rings. The highest BCUT2D eigenvalue weighted by atomic mass is 31.2. The van der Waals surface area contributed by atoms with Crippen LogP contribution in [-0.4, -0.2) is 61.8 Å². The molecule has 108 valence electrons. The Kier molecular flexibility index (Phi) is 6.20. The van der Waals surface area contributed by atoms with Gasteiger partial charge in [0, 0.05) is 20.8 Å². The van der Waals surface area contributed by atoms with Crippen molar-refractivity contribution < 1.29 is 33.3 Å². The quantitative estimate of drug-likeness (QED) is 0.651. The van der Waals surface area contributed by atoms with E-state index in [-0.39, 0.29) is 12.6 Å². The van der Waals surface area contributed by atoms with Crippen LogP contribution in [0.15, 0.2) is 0 Å². The van der Waals surface area contributed by atoms with E-state index in [4.69, 9.17) is 18.5 Å². The van der Waals surface area contributed by atoms with Crippen LogP contribution in [0.2, 0.25) is 0 Å². The summed E-state index contributed by atoms with van der Waals surface area (Å²) in [4.78, 5) is 0. The van der Waals surface area contributed by atoms with Gasteiger partial charge in [0.2, 0.25) is 0 Å². The lowest BCUT2D eigenvalue weighted by atomic mass is 10.1. The summed E-state index contributed by atoms with van der Waals surface area (Å²) in [5, 5.41) is 19.4. The molecule has 1 heterocycles. The van der Waals surface area contributed by atoms with Gasteiger partial charge in [-0.05, 0) is 13.3 Å². The Labute approximate surface area is 107 Å². The third-order valence-electron chi connectivity index (χ3n) is 2.89. The Hall–Kier alpha value is -0.0100. The lowest BCUT2D eigenvalue weighted by molar-refractivity contribution is -0.162. The highest BCUT2D eigenvalue weighted by Crippen LogP contribution is 2.47. The Balaban J connectivity index is 2.51. The van der Waals surface area contributed by atoms with Gasteiger partial charge in [-0.3, -0.25) is 4.57 Å². The summed E-state index contributed by atoms with van der Waals surface area (Å²) in [5.74, 6) is 0. The second-order valence-corrected chi connectivity index (χ2v) is 6.37. The van der Waals surface area contributed by atoms with Crippen molar-refractivity contribution in [3.63, 3.8) is 0 Å². The van der Waals surface area contributed by atoms with E-state index in [0.29, 0.717) is 6.61 Å². The molecule has 1 saturated heterocycles. The molecule has 1 fully saturated rings. The summed E-state index contributed by atoms with van der Waals surface area (Å²) in [5.41, 5.74) is 0. The maximum atomic E-state index is 11.8. The van der Waals surface area contributed by atoms with Gasteiger partial charge in [0.05, 0.1) is 12.3 Å². The standard InChI is InChI=1S/C10H21O7P/c1-4-16-10-9(12)8(11)7(17-10)5-6-18(13,14-2)15-3/h7-12H,4-6H2,1-3H3/t7-,8-,9-,10-/m1/s1. The van der Waals surface area contributed by atoms with Crippen LogP contribution in [0, 0.1) is 0 Å². The molecule has 0 spiro atoms. The van der Waals surface area contributed by atoms with Crippen molar-refractivity contribution in [1.82, 2.24) is 0 Å². The zero-order valence-electron chi connectivity index (χ0n) is 10.8. The Morgan fingerprint density at radius 3 is 2.33 bits per heavy atom. The van der Waals surface area contributed by atoms with Crippen LogP contribution in [-0.2, 0) is 23.1 Å². The summed E-state index contributed by atoms with van der Waals surface area (Å²) in [7, 11) is -0.529. The van der Waals surface area contributed by atoms with Gasteiger partial charge in [-0.2, -0.15) is 0 Å². The zero-order valence-corrected chi connectivity index (χ0v) is 11.7. The molecule has 7 nitrogen and oxygen atoms in total. The largest absolute Gasteiger partial charge is 0.387 e. The number of aliphatic hydroxyl groups excluding tert-OH is 2. The average molecular weight is 284 g/mol. The van der Waals surface area contributed by atoms with E-state index in [1.807, 2.05) is 0 Å². The highest BCUT2D eigenvalue weighted by molar-refractivity contribution is 7.53. The van der Waals surface area contributed by atoms with Gasteiger partial charge < -0.3 is 28.7 Å². The van der Waals surface area contributed by atoms with Crippen molar-refractivity contribution in [2.24, 2.45) is 0 Å². The van der Waals surface area contributed by atoms with Crippen molar-refractivity contribution in [3.8, 4) is 0 Å². The normalized spacial score (nSPS) is 32.9. The number of hydrogen-bond donors (Lipinski definition) is 2. The van der Waals surface area contributed by atoms with Crippen LogP contribution in [0.4, 0.5) is 0 Å². The maximum Gasteiger partial charge on any atom is 0.330 e. The smallest absolute Gasteiger partial charge is 0.330 e. The third-order valence-corrected chi connectivity index (χ3v) is 4.81. The predicted octanol–water partition coefficient (Wildman–Crippen LogP) is 0.346. The van der Waals surface area contributed by atoms with Crippen LogP contribution in [0.25, 0.3) is 0 Å². The van der Waals surface area contributed by atoms with Gasteiger partial charge in [-0.25, -0.2) is 0 Å². The van der Waals surface area contributed by atoms with E-state index in [1.165, 1.54) is 14.2 Å². The van der Waals surface area contributed by atoms with E-state index in [1.54, 1.807) is 6.92 Å². The number of rotatable bonds is 7. The first-order chi connectivity index (χ1) is 8.47. The molecule has 18 heavy (non-hydrogen) atoms. The summed E-state index contributed by atoms with van der Waals surface area (Å²) in [6.07, 6.45) is -3.30. The zero-order chi connectivity index (χ0) is 13.8. The molecule has 0 aromatic carbocycles. The van der Waals surface area contributed by atoms with Crippen LogP contribution in [0.1, 0.15) is 13.3 Å². The first-order valence-corrected chi connectivity index (χ1v) is 7.54. The van der Waals surface area contributed by atoms with Crippen molar-refractivity contribution in [2.45, 2.75) is 37.9 Å². The molecule has 1 aliphatic rings. The topological polar surface area (TPSA) is 94.5 Å².